The van der Waals surface area contributed by atoms with Crippen molar-refractivity contribution in [1.82, 2.24) is 5.32 Å². The van der Waals surface area contributed by atoms with E-state index in [1.54, 1.807) is 14.2 Å². The first kappa shape index (κ1) is 16.6. The zero-order valence-corrected chi connectivity index (χ0v) is 13.1. The summed E-state index contributed by atoms with van der Waals surface area (Å²) in [6, 6.07) is 5.86. The molecule has 1 aromatic carbocycles. The van der Waals surface area contributed by atoms with Crippen LogP contribution in [0, 0.1) is 5.92 Å². The van der Waals surface area contributed by atoms with E-state index >= 15 is 0 Å². The number of carbonyl (C=O) groups excluding carboxylic acids is 1. The van der Waals surface area contributed by atoms with E-state index in [-0.39, 0.29) is 18.4 Å². The quantitative estimate of drug-likeness (QED) is 0.727. The molecule has 0 saturated heterocycles. The average molecular weight is 309 g/mol. The second-order valence-corrected chi connectivity index (χ2v) is 5.18. The minimum absolute atomic E-state index is 0.0569. The van der Waals surface area contributed by atoms with Crippen LogP contribution in [0.4, 0.5) is 0 Å². The van der Waals surface area contributed by atoms with Gasteiger partial charge in [-0.3, -0.25) is 4.79 Å². The molecule has 0 aromatic heterocycles. The van der Waals surface area contributed by atoms with Crippen LogP contribution in [0.15, 0.2) is 18.2 Å². The molecule has 1 atom stereocenters. The van der Waals surface area contributed by atoms with Gasteiger partial charge in [0.15, 0.2) is 11.5 Å². The van der Waals surface area contributed by atoms with Crippen molar-refractivity contribution in [2.75, 3.05) is 47.2 Å². The van der Waals surface area contributed by atoms with Gasteiger partial charge in [0.1, 0.15) is 6.61 Å². The molecule has 1 aliphatic heterocycles. The molecule has 0 fully saturated rings. The van der Waals surface area contributed by atoms with Gasteiger partial charge in [-0.2, -0.15) is 0 Å². The molecular formula is C16H23NO5. The van der Waals surface area contributed by atoms with Crippen LogP contribution in [-0.2, 0) is 20.7 Å². The molecule has 122 valence electrons. The standard InChI is InChI=1S/C16H23NO5/c1-19-6-7-21-11-15(18)17-9-12-8-13-4-3-5-14(20-2)16(13)22-10-12/h3-5,12H,6-11H2,1-2H3,(H,17,18)/t12-/m1/s1. The Morgan fingerprint density at radius 2 is 2.23 bits per heavy atom. The number of ether oxygens (including phenoxy) is 4. The fourth-order valence-corrected chi connectivity index (χ4v) is 2.37. The van der Waals surface area contributed by atoms with Crippen LogP contribution in [0.2, 0.25) is 0 Å². The second-order valence-electron chi connectivity index (χ2n) is 5.18. The molecule has 0 radical (unpaired) electrons. The maximum Gasteiger partial charge on any atom is 0.246 e. The lowest BCUT2D eigenvalue weighted by Crippen LogP contribution is -2.36. The fraction of sp³-hybridized carbons (Fsp3) is 0.562. The number of amides is 1. The SMILES string of the molecule is COCCOCC(=O)NC[C@@H]1COc2c(cccc2OC)C1. The third kappa shape index (κ3) is 4.61. The van der Waals surface area contributed by atoms with Crippen molar-refractivity contribution in [2.24, 2.45) is 5.92 Å². The maximum atomic E-state index is 11.7. The number of para-hydroxylation sites is 1. The molecule has 1 amide bonds. The number of carbonyl (C=O) groups is 1. The zero-order chi connectivity index (χ0) is 15.8. The molecule has 1 aromatic rings. The molecule has 0 saturated carbocycles. The van der Waals surface area contributed by atoms with E-state index < -0.39 is 0 Å². The summed E-state index contributed by atoms with van der Waals surface area (Å²) in [6.45, 7) is 2.11. The van der Waals surface area contributed by atoms with Crippen molar-refractivity contribution in [3.8, 4) is 11.5 Å². The molecule has 6 nitrogen and oxygen atoms in total. The van der Waals surface area contributed by atoms with Crippen LogP contribution in [-0.4, -0.2) is 53.1 Å². The van der Waals surface area contributed by atoms with E-state index in [0.717, 1.165) is 23.5 Å². The summed E-state index contributed by atoms with van der Waals surface area (Å²) in [5, 5.41) is 2.87. The number of benzene rings is 1. The molecule has 0 spiro atoms. The summed E-state index contributed by atoms with van der Waals surface area (Å²) >= 11 is 0. The molecule has 2 rings (SSSR count). The van der Waals surface area contributed by atoms with Gasteiger partial charge >= 0.3 is 0 Å². The van der Waals surface area contributed by atoms with Crippen molar-refractivity contribution in [3.05, 3.63) is 23.8 Å². The molecule has 0 aliphatic carbocycles. The van der Waals surface area contributed by atoms with Gasteiger partial charge in [0, 0.05) is 19.6 Å². The Balaban J connectivity index is 1.75. The van der Waals surface area contributed by atoms with Crippen LogP contribution in [0.25, 0.3) is 0 Å². The highest BCUT2D eigenvalue weighted by Crippen LogP contribution is 2.35. The van der Waals surface area contributed by atoms with E-state index in [4.69, 9.17) is 18.9 Å². The van der Waals surface area contributed by atoms with Crippen LogP contribution in [0.1, 0.15) is 5.56 Å². The monoisotopic (exact) mass is 309 g/mol. The zero-order valence-electron chi connectivity index (χ0n) is 13.1. The molecule has 1 N–H and O–H groups in total. The highest BCUT2D eigenvalue weighted by molar-refractivity contribution is 5.77. The van der Waals surface area contributed by atoms with Crippen LogP contribution in [0.3, 0.4) is 0 Å². The van der Waals surface area contributed by atoms with Crippen molar-refractivity contribution < 1.29 is 23.7 Å². The smallest absolute Gasteiger partial charge is 0.246 e. The normalized spacial score (nSPS) is 16.5. The number of fused-ring (bicyclic) bond motifs is 1. The van der Waals surface area contributed by atoms with Crippen molar-refractivity contribution in [2.45, 2.75) is 6.42 Å². The lowest BCUT2D eigenvalue weighted by Gasteiger charge is -2.26. The van der Waals surface area contributed by atoms with Gasteiger partial charge in [-0.25, -0.2) is 0 Å². The van der Waals surface area contributed by atoms with E-state index in [0.29, 0.717) is 26.4 Å². The first-order chi connectivity index (χ1) is 10.7. The number of hydrogen-bond donors (Lipinski definition) is 1. The topological polar surface area (TPSA) is 66.0 Å². The minimum atomic E-state index is -0.118. The Morgan fingerprint density at radius 1 is 1.36 bits per heavy atom. The summed E-state index contributed by atoms with van der Waals surface area (Å²) < 4.78 is 21.1. The van der Waals surface area contributed by atoms with Gasteiger partial charge in [0.05, 0.1) is 26.9 Å². The van der Waals surface area contributed by atoms with Gasteiger partial charge in [-0.05, 0) is 18.1 Å². The summed E-state index contributed by atoms with van der Waals surface area (Å²) in [5.41, 5.74) is 1.11. The maximum absolute atomic E-state index is 11.7. The molecule has 1 heterocycles. The average Bonchev–Trinajstić information content (AvgIpc) is 2.56. The van der Waals surface area contributed by atoms with E-state index in [1.807, 2.05) is 18.2 Å². The fourth-order valence-electron chi connectivity index (χ4n) is 2.37. The first-order valence-corrected chi connectivity index (χ1v) is 7.36. The highest BCUT2D eigenvalue weighted by atomic mass is 16.5. The minimum Gasteiger partial charge on any atom is -0.493 e. The van der Waals surface area contributed by atoms with Gasteiger partial charge in [0.25, 0.3) is 0 Å². The molecule has 0 bridgehead atoms. The molecule has 1 aliphatic rings. The molecular weight excluding hydrogens is 286 g/mol. The predicted octanol–water partition coefficient (Wildman–Crippen LogP) is 1.03. The van der Waals surface area contributed by atoms with Gasteiger partial charge in [0.2, 0.25) is 5.91 Å². The largest absolute Gasteiger partial charge is 0.493 e. The van der Waals surface area contributed by atoms with Crippen LogP contribution < -0.4 is 14.8 Å². The Morgan fingerprint density at radius 3 is 3.00 bits per heavy atom. The Bertz CT molecular complexity index is 491. The van der Waals surface area contributed by atoms with E-state index in [2.05, 4.69) is 5.32 Å². The molecule has 6 heteroatoms. The van der Waals surface area contributed by atoms with Gasteiger partial charge in [-0.1, -0.05) is 12.1 Å². The van der Waals surface area contributed by atoms with E-state index in [9.17, 15) is 4.79 Å². The van der Waals surface area contributed by atoms with E-state index in [1.165, 1.54) is 0 Å². The number of rotatable bonds is 8. The second kappa shape index (κ2) is 8.60. The highest BCUT2D eigenvalue weighted by Gasteiger charge is 2.22. The van der Waals surface area contributed by atoms with Gasteiger partial charge < -0.3 is 24.3 Å². The van der Waals surface area contributed by atoms with Crippen LogP contribution >= 0.6 is 0 Å². The van der Waals surface area contributed by atoms with Gasteiger partial charge in [-0.15, -0.1) is 0 Å². The summed E-state index contributed by atoms with van der Waals surface area (Å²) in [7, 11) is 3.23. The lowest BCUT2D eigenvalue weighted by molar-refractivity contribution is -0.126. The van der Waals surface area contributed by atoms with Crippen molar-refractivity contribution in [3.63, 3.8) is 0 Å². The number of nitrogens with one attached hydrogen (secondary N) is 1. The van der Waals surface area contributed by atoms with Crippen LogP contribution in [0.5, 0.6) is 11.5 Å². The van der Waals surface area contributed by atoms with Crippen molar-refractivity contribution >= 4 is 5.91 Å². The number of hydrogen-bond acceptors (Lipinski definition) is 5. The molecule has 0 unspecified atom stereocenters. The summed E-state index contributed by atoms with van der Waals surface area (Å²) in [4.78, 5) is 11.7. The Labute approximate surface area is 130 Å². The molecule has 22 heavy (non-hydrogen) atoms. The lowest BCUT2D eigenvalue weighted by atomic mass is 9.96. The third-order valence-corrected chi connectivity index (χ3v) is 3.51. The third-order valence-electron chi connectivity index (χ3n) is 3.51. The number of methoxy groups -OCH3 is 2. The Kier molecular flexibility index (Phi) is 6.48. The predicted molar refractivity (Wildman–Crippen MR) is 81.4 cm³/mol. The van der Waals surface area contributed by atoms with Crippen molar-refractivity contribution in [1.29, 1.82) is 0 Å². The summed E-state index contributed by atoms with van der Waals surface area (Å²) in [5.74, 6) is 1.71. The Hall–Kier alpha value is -1.79. The first-order valence-electron chi connectivity index (χ1n) is 7.36. The summed E-state index contributed by atoms with van der Waals surface area (Å²) in [6.07, 6.45) is 0.858.